The third-order valence-corrected chi connectivity index (χ3v) is 3.32. The fraction of sp³-hybridized carbons (Fsp3) is 0.462. The number of amides is 2. The minimum Gasteiger partial charge on any atom is -0.352 e. The van der Waals surface area contributed by atoms with Gasteiger partial charge in [-0.3, -0.25) is 14.6 Å². The predicted octanol–water partition coefficient (Wildman–Crippen LogP) is 1.52. The summed E-state index contributed by atoms with van der Waals surface area (Å²) in [4.78, 5) is 27.2. The van der Waals surface area contributed by atoms with Gasteiger partial charge in [0.1, 0.15) is 5.69 Å². The number of halogens is 1. The molecule has 102 valence electrons. The number of nitrogens with zero attached hydrogens (tertiary/aromatic N) is 1. The molecule has 2 amide bonds. The van der Waals surface area contributed by atoms with Crippen LogP contribution in [0.1, 0.15) is 36.2 Å². The minimum absolute atomic E-state index is 0.0382. The van der Waals surface area contributed by atoms with E-state index in [0.29, 0.717) is 5.02 Å². The summed E-state index contributed by atoms with van der Waals surface area (Å²) in [5.74, 6) is -0.564. The van der Waals surface area contributed by atoms with Crippen LogP contribution in [0.5, 0.6) is 0 Å². The van der Waals surface area contributed by atoms with Gasteiger partial charge in [-0.25, -0.2) is 0 Å². The largest absolute Gasteiger partial charge is 0.352 e. The van der Waals surface area contributed by atoms with Gasteiger partial charge in [0, 0.05) is 17.3 Å². The van der Waals surface area contributed by atoms with Gasteiger partial charge in [-0.2, -0.15) is 0 Å². The van der Waals surface area contributed by atoms with E-state index in [2.05, 4.69) is 15.6 Å². The van der Waals surface area contributed by atoms with Crippen molar-refractivity contribution in [1.82, 2.24) is 15.6 Å². The van der Waals surface area contributed by atoms with Crippen LogP contribution < -0.4 is 10.6 Å². The highest BCUT2D eigenvalue weighted by Crippen LogP contribution is 2.17. The zero-order valence-corrected chi connectivity index (χ0v) is 11.2. The van der Waals surface area contributed by atoms with E-state index in [-0.39, 0.29) is 24.2 Å². The predicted molar refractivity (Wildman–Crippen MR) is 72.0 cm³/mol. The molecule has 0 saturated heterocycles. The second-order valence-electron chi connectivity index (χ2n) is 4.59. The van der Waals surface area contributed by atoms with Crippen molar-refractivity contribution in [3.05, 3.63) is 29.0 Å². The molecule has 1 aliphatic carbocycles. The Labute approximate surface area is 116 Å². The van der Waals surface area contributed by atoms with Crippen LogP contribution in [0.25, 0.3) is 0 Å². The number of nitrogens with one attached hydrogen (secondary N) is 2. The Morgan fingerprint density at radius 2 is 2.11 bits per heavy atom. The number of carbonyl (C=O) groups excluding carboxylic acids is 2. The molecule has 0 aliphatic heterocycles. The van der Waals surface area contributed by atoms with E-state index in [0.717, 1.165) is 25.7 Å². The molecule has 1 aromatic heterocycles. The molecule has 6 heteroatoms. The smallest absolute Gasteiger partial charge is 0.270 e. The van der Waals surface area contributed by atoms with Crippen molar-refractivity contribution in [2.45, 2.75) is 31.7 Å². The second-order valence-corrected chi connectivity index (χ2v) is 5.03. The van der Waals surface area contributed by atoms with Gasteiger partial charge < -0.3 is 10.6 Å². The molecular weight excluding hydrogens is 266 g/mol. The maximum absolute atomic E-state index is 11.7. The van der Waals surface area contributed by atoms with E-state index >= 15 is 0 Å². The molecule has 2 rings (SSSR count). The fourth-order valence-electron chi connectivity index (χ4n) is 2.13. The molecule has 5 nitrogen and oxygen atoms in total. The molecule has 0 spiro atoms. The zero-order valence-electron chi connectivity index (χ0n) is 10.5. The molecule has 0 bridgehead atoms. The average molecular weight is 282 g/mol. The molecule has 1 saturated carbocycles. The van der Waals surface area contributed by atoms with Crippen LogP contribution in [-0.2, 0) is 4.79 Å². The van der Waals surface area contributed by atoms with Gasteiger partial charge in [0.05, 0.1) is 6.54 Å². The third kappa shape index (κ3) is 4.21. The van der Waals surface area contributed by atoms with Crippen molar-refractivity contribution in [2.24, 2.45) is 0 Å². The molecule has 1 aliphatic rings. The van der Waals surface area contributed by atoms with E-state index in [1.165, 1.54) is 12.3 Å². The van der Waals surface area contributed by atoms with Gasteiger partial charge in [-0.15, -0.1) is 0 Å². The molecule has 19 heavy (non-hydrogen) atoms. The Kier molecular flexibility index (Phi) is 4.74. The molecule has 1 heterocycles. The topological polar surface area (TPSA) is 71.1 Å². The number of hydrogen-bond acceptors (Lipinski definition) is 3. The number of aromatic nitrogens is 1. The molecule has 0 aromatic carbocycles. The Hall–Kier alpha value is -1.62. The van der Waals surface area contributed by atoms with Crippen molar-refractivity contribution < 1.29 is 9.59 Å². The number of hydrogen-bond donors (Lipinski definition) is 2. The normalized spacial score (nSPS) is 15.2. The number of rotatable bonds is 4. The summed E-state index contributed by atoms with van der Waals surface area (Å²) in [6.07, 6.45) is 5.81. The molecule has 1 fully saturated rings. The monoisotopic (exact) mass is 281 g/mol. The first-order valence-electron chi connectivity index (χ1n) is 6.34. The highest BCUT2D eigenvalue weighted by Gasteiger charge is 2.17. The van der Waals surface area contributed by atoms with E-state index in [4.69, 9.17) is 11.6 Å². The Morgan fingerprint density at radius 1 is 1.37 bits per heavy atom. The van der Waals surface area contributed by atoms with Gasteiger partial charge >= 0.3 is 0 Å². The van der Waals surface area contributed by atoms with Crippen LogP contribution in [0.3, 0.4) is 0 Å². The summed E-state index contributed by atoms with van der Waals surface area (Å²) in [6, 6.07) is 3.31. The molecule has 0 radical (unpaired) electrons. The van der Waals surface area contributed by atoms with Crippen molar-refractivity contribution in [1.29, 1.82) is 0 Å². The van der Waals surface area contributed by atoms with E-state index in [1.807, 2.05) is 0 Å². The summed E-state index contributed by atoms with van der Waals surface area (Å²) < 4.78 is 0. The maximum Gasteiger partial charge on any atom is 0.270 e. The van der Waals surface area contributed by atoms with E-state index in [9.17, 15) is 9.59 Å². The van der Waals surface area contributed by atoms with Gasteiger partial charge in [-0.1, -0.05) is 24.4 Å². The van der Waals surface area contributed by atoms with Crippen LogP contribution in [-0.4, -0.2) is 29.4 Å². The standard InChI is InChI=1S/C13H16ClN3O2/c14-9-5-6-15-11(7-9)13(19)16-8-12(18)17-10-3-1-2-4-10/h5-7,10H,1-4,8H2,(H,16,19)(H,17,18). The summed E-state index contributed by atoms with van der Waals surface area (Å²) >= 11 is 5.77. The molecule has 1 aromatic rings. The summed E-state index contributed by atoms with van der Waals surface area (Å²) in [7, 11) is 0. The lowest BCUT2D eigenvalue weighted by Crippen LogP contribution is -2.41. The average Bonchev–Trinajstić information content (AvgIpc) is 2.88. The molecule has 0 unspecified atom stereocenters. The van der Waals surface area contributed by atoms with Crippen LogP contribution in [0.4, 0.5) is 0 Å². The molecule has 2 N–H and O–H groups in total. The molecule has 0 atom stereocenters. The van der Waals surface area contributed by atoms with Crippen molar-refractivity contribution in [3.63, 3.8) is 0 Å². The number of pyridine rings is 1. The number of carbonyl (C=O) groups is 2. The van der Waals surface area contributed by atoms with Crippen molar-refractivity contribution >= 4 is 23.4 Å². The van der Waals surface area contributed by atoms with Crippen LogP contribution in [0, 0.1) is 0 Å². The minimum atomic E-state index is -0.399. The molecular formula is C13H16ClN3O2. The highest BCUT2D eigenvalue weighted by atomic mass is 35.5. The maximum atomic E-state index is 11.7. The van der Waals surface area contributed by atoms with Crippen molar-refractivity contribution in [2.75, 3.05) is 6.54 Å². The Bertz CT molecular complexity index is 473. The van der Waals surface area contributed by atoms with Gasteiger partial charge in [0.25, 0.3) is 5.91 Å². The fourth-order valence-corrected chi connectivity index (χ4v) is 2.29. The third-order valence-electron chi connectivity index (χ3n) is 3.08. The summed E-state index contributed by atoms with van der Waals surface area (Å²) in [5.41, 5.74) is 0.209. The summed E-state index contributed by atoms with van der Waals surface area (Å²) in [6.45, 7) is -0.0382. The highest BCUT2D eigenvalue weighted by molar-refractivity contribution is 6.30. The van der Waals surface area contributed by atoms with Gasteiger partial charge in [0.2, 0.25) is 5.91 Å². The van der Waals surface area contributed by atoms with Gasteiger partial charge in [-0.05, 0) is 25.0 Å². The van der Waals surface area contributed by atoms with Crippen molar-refractivity contribution in [3.8, 4) is 0 Å². The van der Waals surface area contributed by atoms with E-state index < -0.39 is 5.91 Å². The van der Waals surface area contributed by atoms with Crippen LogP contribution >= 0.6 is 11.6 Å². The zero-order chi connectivity index (χ0) is 13.7. The quantitative estimate of drug-likeness (QED) is 0.879. The van der Waals surface area contributed by atoms with E-state index in [1.54, 1.807) is 6.07 Å². The SMILES string of the molecule is O=C(CNC(=O)c1cc(Cl)ccn1)NC1CCCC1. The first-order chi connectivity index (χ1) is 9.15. The Balaban J connectivity index is 1.78. The van der Waals surface area contributed by atoms with Gasteiger partial charge in [0.15, 0.2) is 0 Å². The lowest BCUT2D eigenvalue weighted by molar-refractivity contribution is -0.120. The lowest BCUT2D eigenvalue weighted by atomic mass is 10.2. The first kappa shape index (κ1) is 13.8. The lowest BCUT2D eigenvalue weighted by Gasteiger charge is -2.12. The van der Waals surface area contributed by atoms with Crippen LogP contribution in [0.15, 0.2) is 18.3 Å². The second kappa shape index (κ2) is 6.52. The first-order valence-corrected chi connectivity index (χ1v) is 6.72. The van der Waals surface area contributed by atoms with Crippen LogP contribution in [0.2, 0.25) is 5.02 Å². The summed E-state index contributed by atoms with van der Waals surface area (Å²) in [5, 5.41) is 5.87. The Morgan fingerprint density at radius 3 is 2.79 bits per heavy atom.